The monoisotopic (exact) mass is 280 g/mol. The molecular weight excluding hydrogens is 268 g/mol. The third-order valence-electron chi connectivity index (χ3n) is 3.26. The highest BCUT2D eigenvalue weighted by Gasteiger charge is 2.20. The van der Waals surface area contributed by atoms with Gasteiger partial charge in [0.15, 0.2) is 5.76 Å². The van der Waals surface area contributed by atoms with Crippen molar-refractivity contribution >= 4 is 16.8 Å². The third kappa shape index (κ3) is 2.26. The van der Waals surface area contributed by atoms with E-state index in [0.717, 1.165) is 0 Å². The van der Waals surface area contributed by atoms with Crippen LogP contribution in [0.5, 0.6) is 0 Å². The van der Waals surface area contributed by atoms with Crippen LogP contribution in [0, 0.1) is 0 Å². The lowest BCUT2D eigenvalue weighted by atomic mass is 10.0. The second-order valence-corrected chi connectivity index (χ2v) is 4.58. The Kier molecular flexibility index (Phi) is 3.38. The number of hydrogen-bond acceptors (Lipinski definition) is 4. The molecule has 0 amide bonds. The number of para-hydroxylation sites is 1. The molecule has 0 saturated heterocycles. The molecule has 4 nitrogen and oxygen atoms in total. The van der Waals surface area contributed by atoms with Crippen LogP contribution in [0.2, 0.25) is 0 Å². The Hall–Kier alpha value is -2.72. The fourth-order valence-corrected chi connectivity index (χ4v) is 2.28. The molecule has 0 radical (unpaired) electrons. The first kappa shape index (κ1) is 13.3. The van der Waals surface area contributed by atoms with Crippen LogP contribution >= 0.6 is 0 Å². The number of aliphatic hydroxyl groups excluding tert-OH is 1. The van der Waals surface area contributed by atoms with Crippen molar-refractivity contribution in [3.05, 3.63) is 70.6 Å². The normalized spacial score (nSPS) is 10.7. The number of ketones is 1. The van der Waals surface area contributed by atoms with Gasteiger partial charge >= 0.3 is 0 Å². The van der Waals surface area contributed by atoms with E-state index in [0.29, 0.717) is 16.5 Å². The predicted molar refractivity (Wildman–Crippen MR) is 79.3 cm³/mol. The summed E-state index contributed by atoms with van der Waals surface area (Å²) in [5.74, 6) is -0.718. The Balaban J connectivity index is 2.43. The zero-order valence-electron chi connectivity index (χ0n) is 11.1. The minimum atomic E-state index is -0.707. The van der Waals surface area contributed by atoms with Gasteiger partial charge in [-0.05, 0) is 17.7 Å². The first-order chi connectivity index (χ1) is 10.2. The highest BCUT2D eigenvalue weighted by Crippen LogP contribution is 2.24. The fourth-order valence-electron chi connectivity index (χ4n) is 2.28. The number of carbonyl (C=O) groups excluding carboxylic acids is 1. The summed E-state index contributed by atoms with van der Waals surface area (Å²) < 4.78 is 5.57. The van der Waals surface area contributed by atoms with Gasteiger partial charge in [0.05, 0.1) is 10.9 Å². The second-order valence-electron chi connectivity index (χ2n) is 4.58. The standard InChI is InChI=1S/C17H12O4/c18-10-13(19)17-15(11-6-2-1-3-7-11)16(20)12-8-4-5-9-14(12)21-17/h1-9,18H,10H2. The Labute approximate surface area is 120 Å². The highest BCUT2D eigenvalue weighted by atomic mass is 16.3. The molecule has 0 aliphatic heterocycles. The van der Waals surface area contributed by atoms with Gasteiger partial charge < -0.3 is 9.52 Å². The number of aliphatic hydroxyl groups is 1. The number of benzene rings is 2. The summed E-state index contributed by atoms with van der Waals surface area (Å²) in [6.45, 7) is -0.707. The smallest absolute Gasteiger partial charge is 0.224 e. The van der Waals surface area contributed by atoms with E-state index in [2.05, 4.69) is 0 Å². The molecule has 4 heteroatoms. The molecule has 3 aromatic rings. The Morgan fingerprint density at radius 2 is 1.67 bits per heavy atom. The summed E-state index contributed by atoms with van der Waals surface area (Å²) in [5, 5.41) is 9.52. The van der Waals surface area contributed by atoms with Gasteiger partial charge in [-0.2, -0.15) is 0 Å². The summed E-state index contributed by atoms with van der Waals surface area (Å²) in [5.41, 5.74) is 0.834. The van der Waals surface area contributed by atoms with E-state index in [-0.39, 0.29) is 16.8 Å². The first-order valence-electron chi connectivity index (χ1n) is 6.47. The van der Waals surface area contributed by atoms with Crippen LogP contribution in [0.1, 0.15) is 10.6 Å². The van der Waals surface area contributed by atoms with Crippen LogP contribution in [0.15, 0.2) is 63.8 Å². The van der Waals surface area contributed by atoms with E-state index in [9.17, 15) is 9.59 Å². The molecule has 2 aromatic carbocycles. The second kappa shape index (κ2) is 5.34. The molecule has 0 atom stereocenters. The number of fused-ring (bicyclic) bond motifs is 1. The number of carbonyl (C=O) groups is 1. The summed E-state index contributed by atoms with van der Waals surface area (Å²) >= 11 is 0. The molecule has 0 aliphatic rings. The molecule has 1 N–H and O–H groups in total. The van der Waals surface area contributed by atoms with Gasteiger partial charge in [-0.3, -0.25) is 9.59 Å². The van der Waals surface area contributed by atoms with Gasteiger partial charge in [0.25, 0.3) is 0 Å². The number of rotatable bonds is 3. The summed E-state index contributed by atoms with van der Waals surface area (Å²) in [7, 11) is 0. The van der Waals surface area contributed by atoms with Crippen molar-refractivity contribution in [2.75, 3.05) is 6.61 Å². The Bertz CT molecular complexity index is 863. The van der Waals surface area contributed by atoms with Gasteiger partial charge in [0.1, 0.15) is 12.2 Å². The summed E-state index contributed by atoms with van der Waals surface area (Å²) in [4.78, 5) is 24.6. The van der Waals surface area contributed by atoms with Crippen LogP contribution in [-0.4, -0.2) is 17.5 Å². The van der Waals surface area contributed by atoms with E-state index in [1.165, 1.54) is 0 Å². The highest BCUT2D eigenvalue weighted by molar-refractivity contribution is 6.02. The van der Waals surface area contributed by atoms with Gasteiger partial charge in [-0.1, -0.05) is 42.5 Å². The predicted octanol–water partition coefficient (Wildman–Crippen LogP) is 2.64. The van der Waals surface area contributed by atoms with Gasteiger partial charge in [0.2, 0.25) is 11.2 Å². The lowest BCUT2D eigenvalue weighted by Crippen LogP contribution is -2.14. The molecular formula is C17H12O4. The molecule has 0 unspecified atom stereocenters. The molecule has 21 heavy (non-hydrogen) atoms. The van der Waals surface area contributed by atoms with Crippen LogP contribution < -0.4 is 5.43 Å². The van der Waals surface area contributed by atoms with Gasteiger partial charge in [0, 0.05) is 0 Å². The van der Waals surface area contributed by atoms with Gasteiger partial charge in [-0.15, -0.1) is 0 Å². The van der Waals surface area contributed by atoms with Gasteiger partial charge in [-0.25, -0.2) is 0 Å². The lowest BCUT2D eigenvalue weighted by molar-refractivity contribution is 0.0877. The number of Topliss-reactive ketones (excluding diaryl/α,β-unsaturated/α-hetero) is 1. The molecule has 104 valence electrons. The summed E-state index contributed by atoms with van der Waals surface area (Å²) in [6.07, 6.45) is 0. The topological polar surface area (TPSA) is 67.5 Å². The molecule has 0 aliphatic carbocycles. The van der Waals surface area contributed by atoms with Crippen molar-refractivity contribution in [2.24, 2.45) is 0 Å². The van der Waals surface area contributed by atoms with Crippen molar-refractivity contribution in [3.63, 3.8) is 0 Å². The maximum absolute atomic E-state index is 12.7. The average molecular weight is 280 g/mol. The molecule has 0 saturated carbocycles. The molecule has 0 fully saturated rings. The van der Waals surface area contributed by atoms with Crippen molar-refractivity contribution in [1.29, 1.82) is 0 Å². The van der Waals surface area contributed by atoms with Crippen LogP contribution in [0.3, 0.4) is 0 Å². The Morgan fingerprint density at radius 3 is 2.38 bits per heavy atom. The lowest BCUT2D eigenvalue weighted by Gasteiger charge is -2.08. The quantitative estimate of drug-likeness (QED) is 0.749. The Morgan fingerprint density at radius 1 is 1.00 bits per heavy atom. The maximum atomic E-state index is 12.7. The van der Waals surface area contributed by atoms with E-state index in [1.807, 2.05) is 6.07 Å². The van der Waals surface area contributed by atoms with E-state index >= 15 is 0 Å². The molecule has 0 bridgehead atoms. The van der Waals surface area contributed by atoms with Crippen LogP contribution in [0.4, 0.5) is 0 Å². The minimum Gasteiger partial charge on any atom is -0.452 e. The number of hydrogen-bond donors (Lipinski definition) is 1. The SMILES string of the molecule is O=C(CO)c1oc2ccccc2c(=O)c1-c1ccccc1. The maximum Gasteiger partial charge on any atom is 0.224 e. The zero-order chi connectivity index (χ0) is 14.8. The molecule has 1 heterocycles. The van der Waals surface area contributed by atoms with E-state index in [4.69, 9.17) is 9.52 Å². The zero-order valence-corrected chi connectivity index (χ0v) is 11.1. The van der Waals surface area contributed by atoms with E-state index in [1.54, 1.807) is 48.5 Å². The molecule has 1 aromatic heterocycles. The molecule has 3 rings (SSSR count). The fraction of sp³-hybridized carbons (Fsp3) is 0.0588. The first-order valence-corrected chi connectivity index (χ1v) is 6.47. The average Bonchev–Trinajstić information content (AvgIpc) is 2.55. The third-order valence-corrected chi connectivity index (χ3v) is 3.26. The summed E-state index contributed by atoms with van der Waals surface area (Å²) in [6, 6.07) is 15.6. The van der Waals surface area contributed by atoms with Crippen molar-refractivity contribution in [3.8, 4) is 11.1 Å². The van der Waals surface area contributed by atoms with E-state index < -0.39 is 12.4 Å². The van der Waals surface area contributed by atoms with Crippen LogP contribution in [-0.2, 0) is 0 Å². The molecule has 0 spiro atoms. The minimum absolute atomic E-state index is 0.104. The van der Waals surface area contributed by atoms with Crippen molar-refractivity contribution in [1.82, 2.24) is 0 Å². The van der Waals surface area contributed by atoms with Crippen LogP contribution in [0.25, 0.3) is 22.1 Å². The van der Waals surface area contributed by atoms with Crippen molar-refractivity contribution < 1.29 is 14.3 Å². The largest absolute Gasteiger partial charge is 0.452 e. The van der Waals surface area contributed by atoms with Crippen molar-refractivity contribution in [2.45, 2.75) is 0 Å².